The van der Waals surface area contributed by atoms with Crippen molar-refractivity contribution in [3.8, 4) is 5.75 Å². The van der Waals surface area contributed by atoms with Crippen LogP contribution in [-0.2, 0) is 16.2 Å². The van der Waals surface area contributed by atoms with Crippen LogP contribution in [0.15, 0.2) is 42.5 Å². The van der Waals surface area contributed by atoms with Gasteiger partial charge in [-0.25, -0.2) is 8.42 Å². The van der Waals surface area contributed by atoms with Gasteiger partial charge in [-0.05, 0) is 36.8 Å². The second kappa shape index (κ2) is 9.76. The molecule has 0 aliphatic carbocycles. The van der Waals surface area contributed by atoms with E-state index in [1.807, 2.05) is 0 Å². The van der Waals surface area contributed by atoms with Gasteiger partial charge in [0.1, 0.15) is 12.4 Å². The Morgan fingerprint density at radius 2 is 2.00 bits per heavy atom. The fourth-order valence-corrected chi connectivity index (χ4v) is 3.59. The van der Waals surface area contributed by atoms with Crippen LogP contribution in [0.2, 0.25) is 0 Å². The molecule has 12 heteroatoms. The SMILES string of the molecule is CCS(=O)(=O)Nc1cccc(C(O)CNCCOc2ccc3c(C(F)(F)F)n[nH]c3c2)c1. The number of ether oxygens (including phenoxy) is 1. The zero-order chi connectivity index (χ0) is 23.4. The van der Waals surface area contributed by atoms with Crippen LogP contribution in [0.1, 0.15) is 24.3 Å². The number of aliphatic hydroxyl groups is 1. The molecule has 3 rings (SSSR count). The van der Waals surface area contributed by atoms with Gasteiger partial charge in [0, 0.05) is 30.2 Å². The molecule has 1 aromatic heterocycles. The molecular weight excluding hydrogens is 449 g/mol. The van der Waals surface area contributed by atoms with E-state index in [1.165, 1.54) is 25.1 Å². The highest BCUT2D eigenvalue weighted by Gasteiger charge is 2.35. The van der Waals surface area contributed by atoms with Crippen LogP contribution in [0, 0.1) is 0 Å². The van der Waals surface area contributed by atoms with Crippen molar-refractivity contribution < 1.29 is 31.4 Å². The van der Waals surface area contributed by atoms with E-state index in [4.69, 9.17) is 4.74 Å². The van der Waals surface area contributed by atoms with Gasteiger partial charge in [-0.1, -0.05) is 12.1 Å². The van der Waals surface area contributed by atoms with Gasteiger partial charge in [0.2, 0.25) is 10.0 Å². The Kier molecular flexibility index (Phi) is 7.26. The third-order valence-electron chi connectivity index (χ3n) is 4.61. The molecule has 0 fully saturated rings. The molecular formula is C20H23F3N4O4S. The number of alkyl halides is 3. The molecule has 1 unspecified atom stereocenters. The largest absolute Gasteiger partial charge is 0.492 e. The number of aromatic amines is 1. The smallest absolute Gasteiger partial charge is 0.435 e. The van der Waals surface area contributed by atoms with Crippen molar-refractivity contribution in [2.75, 3.05) is 30.2 Å². The highest BCUT2D eigenvalue weighted by molar-refractivity contribution is 7.92. The Labute approximate surface area is 182 Å². The van der Waals surface area contributed by atoms with Crippen LogP contribution >= 0.6 is 0 Å². The van der Waals surface area contributed by atoms with Gasteiger partial charge >= 0.3 is 6.18 Å². The standard InChI is InChI=1S/C20H23F3N4O4S/c1-2-32(29,30)27-14-5-3-4-13(10-14)18(28)12-24-8-9-31-15-6-7-16-17(11-15)25-26-19(16)20(21,22)23/h3-7,10-11,18,24,27-28H,2,8-9,12H2,1H3,(H,25,26). The Hall–Kier alpha value is -2.83. The van der Waals surface area contributed by atoms with E-state index in [9.17, 15) is 26.7 Å². The van der Waals surface area contributed by atoms with Gasteiger partial charge in [0.05, 0.1) is 17.4 Å². The van der Waals surface area contributed by atoms with Crippen LogP contribution < -0.4 is 14.8 Å². The Balaban J connectivity index is 1.47. The van der Waals surface area contributed by atoms with E-state index in [2.05, 4.69) is 20.2 Å². The molecule has 3 aromatic rings. The van der Waals surface area contributed by atoms with Crippen molar-refractivity contribution >= 4 is 26.6 Å². The van der Waals surface area contributed by atoms with E-state index in [-0.39, 0.29) is 29.8 Å². The van der Waals surface area contributed by atoms with Gasteiger partial charge < -0.3 is 15.2 Å². The number of fused-ring (bicyclic) bond motifs is 1. The number of rotatable bonds is 10. The minimum absolute atomic E-state index is 0.0328. The predicted octanol–water partition coefficient (Wildman–Crippen LogP) is 3.05. The predicted molar refractivity (Wildman–Crippen MR) is 114 cm³/mol. The van der Waals surface area contributed by atoms with Crippen LogP contribution in [0.4, 0.5) is 18.9 Å². The third kappa shape index (κ3) is 6.11. The number of H-pyrrole nitrogens is 1. The molecule has 32 heavy (non-hydrogen) atoms. The molecule has 0 aliphatic heterocycles. The molecule has 0 amide bonds. The summed E-state index contributed by atoms with van der Waals surface area (Å²) in [5.74, 6) is 0.325. The number of benzene rings is 2. The minimum atomic E-state index is -4.54. The van der Waals surface area contributed by atoms with Crippen molar-refractivity contribution in [3.05, 3.63) is 53.7 Å². The van der Waals surface area contributed by atoms with Crippen molar-refractivity contribution in [2.45, 2.75) is 19.2 Å². The fraction of sp³-hybridized carbons (Fsp3) is 0.350. The molecule has 4 N–H and O–H groups in total. The number of hydrogen-bond donors (Lipinski definition) is 4. The number of nitrogens with one attached hydrogen (secondary N) is 3. The maximum atomic E-state index is 12.9. The molecule has 0 bridgehead atoms. The summed E-state index contributed by atoms with van der Waals surface area (Å²) < 4.78 is 69.9. The first-order valence-corrected chi connectivity index (χ1v) is 11.4. The summed E-state index contributed by atoms with van der Waals surface area (Å²) in [6.45, 7) is 2.31. The monoisotopic (exact) mass is 472 g/mol. The summed E-state index contributed by atoms with van der Waals surface area (Å²) >= 11 is 0. The maximum Gasteiger partial charge on any atom is 0.435 e. The average Bonchev–Trinajstić information content (AvgIpc) is 3.17. The molecule has 0 saturated heterocycles. The van der Waals surface area contributed by atoms with Crippen molar-refractivity contribution in [1.82, 2.24) is 15.5 Å². The minimum Gasteiger partial charge on any atom is -0.492 e. The summed E-state index contributed by atoms with van der Waals surface area (Å²) in [4.78, 5) is 0. The Morgan fingerprint density at radius 1 is 1.22 bits per heavy atom. The number of aromatic nitrogens is 2. The highest BCUT2D eigenvalue weighted by atomic mass is 32.2. The van der Waals surface area contributed by atoms with Gasteiger partial charge in [0.25, 0.3) is 0 Å². The van der Waals surface area contributed by atoms with E-state index >= 15 is 0 Å². The quantitative estimate of drug-likeness (QED) is 0.337. The lowest BCUT2D eigenvalue weighted by molar-refractivity contribution is -0.139. The first-order valence-electron chi connectivity index (χ1n) is 9.76. The van der Waals surface area contributed by atoms with Gasteiger partial charge in [-0.3, -0.25) is 9.82 Å². The molecule has 174 valence electrons. The normalized spacial score (nSPS) is 13.3. The number of sulfonamides is 1. The number of aliphatic hydroxyl groups excluding tert-OH is 1. The number of anilines is 1. The van der Waals surface area contributed by atoms with Crippen molar-refractivity contribution in [3.63, 3.8) is 0 Å². The van der Waals surface area contributed by atoms with E-state index in [1.54, 1.807) is 24.3 Å². The molecule has 8 nitrogen and oxygen atoms in total. The maximum absolute atomic E-state index is 12.9. The fourth-order valence-electron chi connectivity index (χ4n) is 2.96. The van der Waals surface area contributed by atoms with Crippen molar-refractivity contribution in [2.24, 2.45) is 0 Å². The lowest BCUT2D eigenvalue weighted by Crippen LogP contribution is -2.26. The molecule has 0 radical (unpaired) electrons. The summed E-state index contributed by atoms with van der Waals surface area (Å²) in [7, 11) is -3.41. The van der Waals surface area contributed by atoms with Crippen molar-refractivity contribution in [1.29, 1.82) is 0 Å². The molecule has 0 saturated carbocycles. The second-order valence-electron chi connectivity index (χ2n) is 6.98. The van der Waals surface area contributed by atoms with Crippen LogP contribution in [0.5, 0.6) is 5.75 Å². The van der Waals surface area contributed by atoms with E-state index < -0.39 is 28.0 Å². The number of nitrogens with zero attached hydrogens (tertiary/aromatic N) is 1. The first-order chi connectivity index (χ1) is 15.1. The lowest BCUT2D eigenvalue weighted by Gasteiger charge is -2.14. The van der Waals surface area contributed by atoms with Crippen LogP contribution in [-0.4, -0.2) is 49.2 Å². The number of hydrogen-bond acceptors (Lipinski definition) is 6. The van der Waals surface area contributed by atoms with Gasteiger partial charge in [-0.2, -0.15) is 18.3 Å². The summed E-state index contributed by atoms with van der Waals surface area (Å²) in [5.41, 5.74) is 0.160. The zero-order valence-corrected chi connectivity index (χ0v) is 17.9. The van der Waals surface area contributed by atoms with E-state index in [0.29, 0.717) is 23.5 Å². The second-order valence-corrected chi connectivity index (χ2v) is 8.99. The number of halogens is 3. The summed E-state index contributed by atoms with van der Waals surface area (Å²) in [6.07, 6.45) is -5.41. The third-order valence-corrected chi connectivity index (χ3v) is 5.92. The molecule has 2 aromatic carbocycles. The molecule has 1 heterocycles. The van der Waals surface area contributed by atoms with Gasteiger partial charge in [0.15, 0.2) is 5.69 Å². The Morgan fingerprint density at radius 3 is 2.72 bits per heavy atom. The lowest BCUT2D eigenvalue weighted by atomic mass is 10.1. The zero-order valence-electron chi connectivity index (χ0n) is 17.1. The Bertz CT molecular complexity index is 1170. The summed E-state index contributed by atoms with van der Waals surface area (Å²) in [5, 5.41) is 19.0. The first kappa shape index (κ1) is 23.8. The molecule has 0 aliphatic rings. The molecule has 1 atom stereocenters. The van der Waals surface area contributed by atoms with Crippen LogP contribution in [0.3, 0.4) is 0 Å². The average molecular weight is 472 g/mol. The van der Waals surface area contributed by atoms with E-state index in [0.717, 1.165) is 0 Å². The molecule has 0 spiro atoms. The summed E-state index contributed by atoms with van der Waals surface area (Å²) in [6, 6.07) is 10.7. The topological polar surface area (TPSA) is 116 Å². The highest BCUT2D eigenvalue weighted by Crippen LogP contribution is 2.34. The van der Waals surface area contributed by atoms with Gasteiger partial charge in [-0.15, -0.1) is 0 Å². The van der Waals surface area contributed by atoms with Crippen LogP contribution in [0.25, 0.3) is 10.9 Å².